The molecule has 0 aliphatic rings. The summed E-state index contributed by atoms with van der Waals surface area (Å²) < 4.78 is 0. The summed E-state index contributed by atoms with van der Waals surface area (Å²) in [4.78, 5) is 10.5. The molecule has 0 N–H and O–H groups in total. The molecule has 0 aliphatic heterocycles. The van der Waals surface area contributed by atoms with Crippen LogP contribution in [0.25, 0.3) is 11.1 Å². The summed E-state index contributed by atoms with van der Waals surface area (Å²) >= 11 is 0. The molecule has 0 atom stereocenters. The smallest absolute Gasteiger partial charge is 0.145 e. The van der Waals surface area contributed by atoms with Crippen molar-refractivity contribution in [1.29, 1.82) is 0 Å². The zero-order chi connectivity index (χ0) is 12.8. The fourth-order valence-corrected chi connectivity index (χ4v) is 1.86. The van der Waals surface area contributed by atoms with Crippen LogP contribution in [0.3, 0.4) is 0 Å². The highest BCUT2D eigenvalue weighted by atomic mass is 16.1. The quantitative estimate of drug-likeness (QED) is 0.565. The van der Waals surface area contributed by atoms with Gasteiger partial charge in [-0.2, -0.15) is 0 Å². The second kappa shape index (κ2) is 5.97. The highest BCUT2D eigenvalue weighted by Gasteiger charge is 1.98. The lowest BCUT2D eigenvalue weighted by atomic mass is 10.0. The first-order valence-corrected chi connectivity index (χ1v) is 6.07. The van der Waals surface area contributed by atoms with Gasteiger partial charge in [-0.25, -0.2) is 0 Å². The van der Waals surface area contributed by atoms with Crippen LogP contribution < -0.4 is 0 Å². The monoisotopic (exact) mass is 236 g/mol. The number of rotatable bonds is 5. The van der Waals surface area contributed by atoms with Gasteiger partial charge in [0.05, 0.1) is 0 Å². The first kappa shape index (κ1) is 12.3. The van der Waals surface area contributed by atoms with Crippen LogP contribution in [-0.4, -0.2) is 6.29 Å². The normalized spacial score (nSPS) is 10.0. The second-order valence-corrected chi connectivity index (χ2v) is 4.34. The molecule has 0 saturated carbocycles. The van der Waals surface area contributed by atoms with Gasteiger partial charge >= 0.3 is 0 Å². The number of hydrogen-bond donors (Lipinski definition) is 0. The van der Waals surface area contributed by atoms with Crippen molar-refractivity contribution >= 4 is 6.29 Å². The zero-order valence-electron chi connectivity index (χ0n) is 10.3. The van der Waals surface area contributed by atoms with E-state index in [1.807, 2.05) is 18.2 Å². The van der Waals surface area contributed by atoms with Gasteiger partial charge in [-0.15, -0.1) is 0 Å². The molecule has 1 heteroatoms. The van der Waals surface area contributed by atoms with Gasteiger partial charge < -0.3 is 0 Å². The molecule has 0 aliphatic carbocycles. The minimum Gasteiger partial charge on any atom is -0.298 e. The third-order valence-corrected chi connectivity index (χ3v) is 2.96. The van der Waals surface area contributed by atoms with Crippen LogP contribution in [0, 0.1) is 0 Å². The van der Waals surface area contributed by atoms with E-state index in [0.29, 0.717) is 5.57 Å². The van der Waals surface area contributed by atoms with E-state index in [1.54, 1.807) is 0 Å². The largest absolute Gasteiger partial charge is 0.298 e. The van der Waals surface area contributed by atoms with Crippen molar-refractivity contribution < 1.29 is 4.79 Å². The minimum absolute atomic E-state index is 0.655. The van der Waals surface area contributed by atoms with Gasteiger partial charge in [0.1, 0.15) is 6.29 Å². The van der Waals surface area contributed by atoms with Crippen molar-refractivity contribution in [3.63, 3.8) is 0 Å². The molecular weight excluding hydrogens is 220 g/mol. The topological polar surface area (TPSA) is 17.1 Å². The fraction of sp³-hybridized carbons (Fsp3) is 0.118. The SMILES string of the molecule is C=C(C=O)CCc1ccc(-c2ccccc2)cc1. The Hall–Kier alpha value is -2.15. The Kier molecular flexibility index (Phi) is 4.08. The third-order valence-electron chi connectivity index (χ3n) is 2.96. The van der Waals surface area contributed by atoms with Crippen LogP contribution in [-0.2, 0) is 11.2 Å². The van der Waals surface area contributed by atoms with E-state index >= 15 is 0 Å². The molecule has 0 saturated heterocycles. The van der Waals surface area contributed by atoms with Crippen LogP contribution in [0.2, 0.25) is 0 Å². The number of aryl methyl sites for hydroxylation is 1. The first-order chi connectivity index (χ1) is 8.79. The summed E-state index contributed by atoms with van der Waals surface area (Å²) in [5.41, 5.74) is 4.33. The van der Waals surface area contributed by atoms with E-state index in [9.17, 15) is 4.79 Å². The Bertz CT molecular complexity index is 523. The summed E-state index contributed by atoms with van der Waals surface area (Å²) in [6.45, 7) is 3.69. The van der Waals surface area contributed by atoms with Crippen LogP contribution in [0.4, 0.5) is 0 Å². The number of hydrogen-bond acceptors (Lipinski definition) is 1. The van der Waals surface area contributed by atoms with E-state index in [1.165, 1.54) is 16.7 Å². The van der Waals surface area contributed by atoms with E-state index < -0.39 is 0 Å². The summed E-state index contributed by atoms with van der Waals surface area (Å²) in [5.74, 6) is 0. The predicted molar refractivity (Wildman–Crippen MR) is 75.4 cm³/mol. The Balaban J connectivity index is 2.06. The van der Waals surface area contributed by atoms with Gasteiger partial charge in [-0.1, -0.05) is 61.2 Å². The molecule has 0 radical (unpaired) electrons. The Morgan fingerprint density at radius 3 is 2.17 bits per heavy atom. The van der Waals surface area contributed by atoms with Gasteiger partial charge in [0.15, 0.2) is 0 Å². The summed E-state index contributed by atoms with van der Waals surface area (Å²) in [5, 5.41) is 0. The lowest BCUT2D eigenvalue weighted by molar-refractivity contribution is -0.105. The van der Waals surface area contributed by atoms with Crippen molar-refractivity contribution in [3.8, 4) is 11.1 Å². The standard InChI is InChI=1S/C17H16O/c1-14(13-18)7-8-15-9-11-17(12-10-15)16-5-3-2-4-6-16/h2-6,9-13H,1,7-8H2. The van der Waals surface area contributed by atoms with Gasteiger partial charge in [0.25, 0.3) is 0 Å². The third kappa shape index (κ3) is 3.17. The maximum atomic E-state index is 10.5. The molecule has 0 bridgehead atoms. The second-order valence-electron chi connectivity index (χ2n) is 4.34. The highest BCUT2D eigenvalue weighted by Crippen LogP contribution is 2.19. The van der Waals surface area contributed by atoms with Crippen molar-refractivity contribution in [2.24, 2.45) is 0 Å². The minimum atomic E-state index is 0.655. The molecule has 0 amide bonds. The van der Waals surface area contributed by atoms with E-state index in [4.69, 9.17) is 0 Å². The van der Waals surface area contributed by atoms with Gasteiger partial charge in [-0.05, 0) is 35.1 Å². The summed E-state index contributed by atoms with van der Waals surface area (Å²) in [6.07, 6.45) is 2.43. The molecule has 0 heterocycles. The summed E-state index contributed by atoms with van der Waals surface area (Å²) in [7, 11) is 0. The molecule has 0 aromatic heterocycles. The number of carbonyl (C=O) groups excluding carboxylic acids is 1. The van der Waals surface area contributed by atoms with Crippen LogP contribution in [0.1, 0.15) is 12.0 Å². The number of carbonyl (C=O) groups is 1. The number of allylic oxidation sites excluding steroid dienone is 1. The van der Waals surface area contributed by atoms with Crippen molar-refractivity contribution in [3.05, 3.63) is 72.3 Å². The molecule has 0 fully saturated rings. The zero-order valence-corrected chi connectivity index (χ0v) is 10.3. The number of benzene rings is 2. The summed E-state index contributed by atoms with van der Waals surface area (Å²) in [6, 6.07) is 18.8. The van der Waals surface area contributed by atoms with Gasteiger partial charge in [0.2, 0.25) is 0 Å². The predicted octanol–water partition coefficient (Wildman–Crippen LogP) is 4.04. The van der Waals surface area contributed by atoms with Crippen LogP contribution in [0.5, 0.6) is 0 Å². The molecule has 2 aromatic rings. The average molecular weight is 236 g/mol. The lowest BCUT2D eigenvalue weighted by Gasteiger charge is -2.04. The van der Waals surface area contributed by atoms with E-state index in [2.05, 4.69) is 43.0 Å². The lowest BCUT2D eigenvalue weighted by Crippen LogP contribution is -1.89. The Morgan fingerprint density at radius 1 is 0.944 bits per heavy atom. The van der Waals surface area contributed by atoms with Gasteiger partial charge in [-0.3, -0.25) is 4.79 Å². The highest BCUT2D eigenvalue weighted by molar-refractivity contribution is 5.72. The molecule has 90 valence electrons. The molecule has 2 rings (SSSR count). The molecule has 1 nitrogen and oxygen atoms in total. The van der Waals surface area contributed by atoms with Gasteiger partial charge in [0, 0.05) is 0 Å². The fourth-order valence-electron chi connectivity index (χ4n) is 1.86. The molecule has 18 heavy (non-hydrogen) atoms. The van der Waals surface area contributed by atoms with E-state index in [-0.39, 0.29) is 0 Å². The Morgan fingerprint density at radius 2 is 1.56 bits per heavy atom. The molecule has 0 unspecified atom stereocenters. The van der Waals surface area contributed by atoms with Crippen molar-refractivity contribution in [2.75, 3.05) is 0 Å². The first-order valence-electron chi connectivity index (χ1n) is 6.07. The number of aldehydes is 1. The molecule has 0 spiro atoms. The Labute approximate surface area is 108 Å². The van der Waals surface area contributed by atoms with Crippen LogP contribution in [0.15, 0.2) is 66.7 Å². The maximum absolute atomic E-state index is 10.5. The van der Waals surface area contributed by atoms with Crippen molar-refractivity contribution in [1.82, 2.24) is 0 Å². The maximum Gasteiger partial charge on any atom is 0.145 e. The molecule has 2 aromatic carbocycles. The molecular formula is C17H16O. The van der Waals surface area contributed by atoms with Crippen LogP contribution >= 0.6 is 0 Å². The van der Waals surface area contributed by atoms with Crippen molar-refractivity contribution in [2.45, 2.75) is 12.8 Å². The van der Waals surface area contributed by atoms with E-state index in [0.717, 1.165) is 19.1 Å². The average Bonchev–Trinajstić information content (AvgIpc) is 2.46.